The van der Waals surface area contributed by atoms with Crippen molar-refractivity contribution in [3.05, 3.63) is 89.6 Å². The molecule has 0 amide bonds. The quantitative estimate of drug-likeness (QED) is 0.315. The third-order valence-corrected chi connectivity index (χ3v) is 5.56. The number of H-pyrrole nitrogens is 1. The van der Waals surface area contributed by atoms with E-state index in [1.807, 2.05) is 43.3 Å². The highest BCUT2D eigenvalue weighted by Gasteiger charge is 2.17. The molecule has 2 aromatic carbocycles. The highest BCUT2D eigenvalue weighted by atomic mass is 19.2. The summed E-state index contributed by atoms with van der Waals surface area (Å²) in [6, 6.07) is 15.5. The number of hydrogen-bond donors (Lipinski definition) is 3. The van der Waals surface area contributed by atoms with Gasteiger partial charge >= 0.3 is 0 Å². The molecule has 5 aromatic rings. The normalized spacial score (nSPS) is 11.2. The molecule has 7 nitrogen and oxygen atoms in total. The van der Waals surface area contributed by atoms with E-state index in [1.165, 1.54) is 12.1 Å². The lowest BCUT2D eigenvalue weighted by molar-refractivity contribution is 0.511. The van der Waals surface area contributed by atoms with Gasteiger partial charge < -0.3 is 16.0 Å². The second kappa shape index (κ2) is 9.55. The van der Waals surface area contributed by atoms with Crippen molar-refractivity contribution in [1.29, 1.82) is 0 Å². The predicted octanol–water partition coefficient (Wildman–Crippen LogP) is 4.78. The Hall–Kier alpha value is -4.24. The molecule has 9 heteroatoms. The molecule has 0 aliphatic rings. The molecule has 5 rings (SSSR count). The first-order valence-corrected chi connectivity index (χ1v) is 11.2. The van der Waals surface area contributed by atoms with Crippen molar-refractivity contribution < 1.29 is 8.78 Å². The molecule has 3 heterocycles. The summed E-state index contributed by atoms with van der Waals surface area (Å²) in [5.74, 6) is -1.29. The highest BCUT2D eigenvalue weighted by molar-refractivity contribution is 5.84. The van der Waals surface area contributed by atoms with Gasteiger partial charge in [-0.15, -0.1) is 0 Å². The molecule has 4 N–H and O–H groups in total. The van der Waals surface area contributed by atoms with Gasteiger partial charge in [0.2, 0.25) is 0 Å². The Labute approximate surface area is 200 Å². The van der Waals surface area contributed by atoms with Gasteiger partial charge in [-0.3, -0.25) is 9.97 Å². The molecule has 0 bridgehead atoms. The van der Waals surface area contributed by atoms with Crippen LogP contribution in [0, 0.1) is 18.6 Å². The van der Waals surface area contributed by atoms with E-state index in [9.17, 15) is 8.78 Å². The topological polar surface area (TPSA) is 105 Å². The first-order chi connectivity index (χ1) is 17.0. The molecule has 0 radical (unpaired) electrons. The largest absolute Gasteiger partial charge is 0.375 e. The standard InChI is InChI=1S/C26H23F2N7/c1-15-4-2-7-21(32-15)26-25(16-8-9-19-22(12-16)33-17(10-11-29)13-30-19)34-23(35-26)14-31-20-6-3-5-18(27)24(20)28/h2-9,12-13,31H,10-11,14,29H2,1H3,(H,34,35). The van der Waals surface area contributed by atoms with E-state index in [0.717, 1.165) is 39.7 Å². The molecule has 3 aromatic heterocycles. The monoisotopic (exact) mass is 471 g/mol. The molecule has 176 valence electrons. The third kappa shape index (κ3) is 4.71. The Morgan fingerprint density at radius 1 is 0.971 bits per heavy atom. The van der Waals surface area contributed by atoms with Crippen molar-refractivity contribution in [1.82, 2.24) is 24.9 Å². The number of nitrogens with zero attached hydrogens (tertiary/aromatic N) is 4. The number of aryl methyl sites for hydroxylation is 1. The summed E-state index contributed by atoms with van der Waals surface area (Å²) in [6.07, 6.45) is 2.38. The lowest BCUT2D eigenvalue weighted by Crippen LogP contribution is -2.05. The van der Waals surface area contributed by atoms with Crippen molar-refractivity contribution in [3.8, 4) is 22.6 Å². The fourth-order valence-corrected chi connectivity index (χ4v) is 3.87. The Morgan fingerprint density at radius 3 is 2.66 bits per heavy atom. The zero-order valence-electron chi connectivity index (χ0n) is 19.0. The molecular formula is C26H23F2N7. The van der Waals surface area contributed by atoms with Gasteiger partial charge in [0.25, 0.3) is 0 Å². The van der Waals surface area contributed by atoms with Crippen LogP contribution in [0.4, 0.5) is 14.5 Å². The predicted molar refractivity (Wildman–Crippen MR) is 132 cm³/mol. The fraction of sp³-hybridized carbons (Fsp3) is 0.154. The number of aromatic nitrogens is 5. The lowest BCUT2D eigenvalue weighted by atomic mass is 10.1. The Kier molecular flexibility index (Phi) is 6.15. The third-order valence-electron chi connectivity index (χ3n) is 5.56. The van der Waals surface area contributed by atoms with Crippen LogP contribution in [0.15, 0.2) is 60.8 Å². The molecule has 35 heavy (non-hydrogen) atoms. The van der Waals surface area contributed by atoms with E-state index in [2.05, 4.69) is 25.3 Å². The summed E-state index contributed by atoms with van der Waals surface area (Å²) >= 11 is 0. The van der Waals surface area contributed by atoms with Crippen LogP contribution in [0.5, 0.6) is 0 Å². The number of halogens is 2. The molecule has 0 spiro atoms. The number of pyridine rings is 1. The minimum Gasteiger partial charge on any atom is -0.375 e. The zero-order chi connectivity index (χ0) is 24.4. The van der Waals surface area contributed by atoms with Gasteiger partial charge in [0.15, 0.2) is 11.6 Å². The highest BCUT2D eigenvalue weighted by Crippen LogP contribution is 2.31. The number of anilines is 1. The van der Waals surface area contributed by atoms with Crippen LogP contribution in [0.2, 0.25) is 0 Å². The van der Waals surface area contributed by atoms with Gasteiger partial charge in [0.1, 0.15) is 11.5 Å². The lowest BCUT2D eigenvalue weighted by Gasteiger charge is -2.06. The SMILES string of the molecule is Cc1cccc(-c2nc(CNc3cccc(F)c3F)[nH]c2-c2ccc3ncc(CCN)nc3c2)n1. The van der Waals surface area contributed by atoms with E-state index in [4.69, 9.17) is 10.7 Å². The van der Waals surface area contributed by atoms with E-state index in [1.54, 1.807) is 6.20 Å². The average Bonchev–Trinajstić information content (AvgIpc) is 3.29. The minimum absolute atomic E-state index is 0.0617. The number of rotatable bonds is 7. The number of nitrogens with one attached hydrogen (secondary N) is 2. The number of nitrogens with two attached hydrogens (primary N) is 1. The number of aromatic amines is 1. The zero-order valence-corrected chi connectivity index (χ0v) is 19.0. The van der Waals surface area contributed by atoms with Crippen LogP contribution in [0.3, 0.4) is 0 Å². The first kappa shape index (κ1) is 22.5. The van der Waals surface area contributed by atoms with Crippen LogP contribution in [0.25, 0.3) is 33.7 Å². The molecule has 0 saturated carbocycles. The van der Waals surface area contributed by atoms with E-state index in [0.29, 0.717) is 30.2 Å². The summed E-state index contributed by atoms with van der Waals surface area (Å²) < 4.78 is 27.7. The number of benzene rings is 2. The summed E-state index contributed by atoms with van der Waals surface area (Å²) in [5, 5.41) is 2.91. The Bertz CT molecular complexity index is 1510. The van der Waals surface area contributed by atoms with Crippen molar-refractivity contribution in [3.63, 3.8) is 0 Å². The van der Waals surface area contributed by atoms with Crippen LogP contribution in [0.1, 0.15) is 17.2 Å². The van der Waals surface area contributed by atoms with Gasteiger partial charge in [0.05, 0.1) is 40.3 Å². The van der Waals surface area contributed by atoms with Crippen LogP contribution in [-0.4, -0.2) is 31.5 Å². The summed E-state index contributed by atoms with van der Waals surface area (Å²) in [6.45, 7) is 2.56. The van der Waals surface area contributed by atoms with Gasteiger partial charge in [0, 0.05) is 23.9 Å². The van der Waals surface area contributed by atoms with Crippen LogP contribution < -0.4 is 11.1 Å². The van der Waals surface area contributed by atoms with Crippen molar-refractivity contribution in [2.24, 2.45) is 5.73 Å². The van der Waals surface area contributed by atoms with Gasteiger partial charge in [-0.05, 0) is 49.9 Å². The van der Waals surface area contributed by atoms with Crippen molar-refractivity contribution in [2.75, 3.05) is 11.9 Å². The fourth-order valence-electron chi connectivity index (χ4n) is 3.87. The molecule has 0 unspecified atom stereocenters. The van der Waals surface area contributed by atoms with Crippen molar-refractivity contribution >= 4 is 16.7 Å². The van der Waals surface area contributed by atoms with E-state index in [-0.39, 0.29) is 12.2 Å². The summed E-state index contributed by atoms with van der Waals surface area (Å²) in [5.41, 5.74) is 11.9. The van der Waals surface area contributed by atoms with Crippen molar-refractivity contribution in [2.45, 2.75) is 19.9 Å². The molecule has 0 aliphatic carbocycles. The minimum atomic E-state index is -0.929. The average molecular weight is 472 g/mol. The Balaban J connectivity index is 1.56. The molecular weight excluding hydrogens is 448 g/mol. The first-order valence-electron chi connectivity index (χ1n) is 11.2. The van der Waals surface area contributed by atoms with Gasteiger partial charge in [-0.2, -0.15) is 0 Å². The van der Waals surface area contributed by atoms with Crippen LogP contribution in [-0.2, 0) is 13.0 Å². The smallest absolute Gasteiger partial charge is 0.181 e. The number of imidazole rings is 1. The molecule has 0 saturated heterocycles. The maximum atomic E-state index is 14.1. The maximum absolute atomic E-state index is 14.1. The van der Waals surface area contributed by atoms with E-state index < -0.39 is 11.6 Å². The Morgan fingerprint density at radius 2 is 1.83 bits per heavy atom. The summed E-state index contributed by atoms with van der Waals surface area (Å²) in [4.78, 5) is 21.9. The maximum Gasteiger partial charge on any atom is 0.181 e. The van der Waals surface area contributed by atoms with Crippen LogP contribution >= 0.6 is 0 Å². The van der Waals surface area contributed by atoms with Gasteiger partial charge in [-0.1, -0.05) is 18.2 Å². The molecule has 0 fully saturated rings. The second-order valence-corrected chi connectivity index (χ2v) is 8.13. The van der Waals surface area contributed by atoms with E-state index >= 15 is 0 Å². The number of hydrogen-bond acceptors (Lipinski definition) is 6. The van der Waals surface area contributed by atoms with Gasteiger partial charge in [-0.25, -0.2) is 18.7 Å². The molecule has 0 atom stereocenters. The molecule has 0 aliphatic heterocycles. The second-order valence-electron chi connectivity index (χ2n) is 8.13. The summed E-state index contributed by atoms with van der Waals surface area (Å²) in [7, 11) is 0. The number of fused-ring (bicyclic) bond motifs is 1.